The van der Waals surface area contributed by atoms with Crippen LogP contribution in [0.2, 0.25) is 0 Å². The van der Waals surface area contributed by atoms with Gasteiger partial charge in [-0.05, 0) is 63.6 Å². The Bertz CT molecular complexity index is 318. The first-order valence-corrected chi connectivity index (χ1v) is 7.28. The number of likely N-dealkylation sites (tertiary alicyclic amines) is 1. The molecule has 0 aromatic heterocycles. The molecule has 4 nitrogen and oxygen atoms in total. The van der Waals surface area contributed by atoms with Gasteiger partial charge in [-0.2, -0.15) is 0 Å². The Labute approximate surface area is 109 Å². The lowest BCUT2D eigenvalue weighted by atomic mass is 9.60. The summed E-state index contributed by atoms with van der Waals surface area (Å²) in [5, 5.41) is 3.44. The van der Waals surface area contributed by atoms with Gasteiger partial charge in [0.15, 0.2) is 0 Å². The molecule has 3 fully saturated rings. The normalized spacial score (nSPS) is 32.4. The quantitative estimate of drug-likeness (QED) is 0.749. The Balaban J connectivity index is 1.58. The van der Waals surface area contributed by atoms with Gasteiger partial charge >= 0.3 is 5.97 Å². The van der Waals surface area contributed by atoms with Gasteiger partial charge in [0, 0.05) is 6.04 Å². The summed E-state index contributed by atoms with van der Waals surface area (Å²) in [6.45, 7) is 3.43. The van der Waals surface area contributed by atoms with Crippen LogP contribution in [-0.2, 0) is 9.53 Å². The fourth-order valence-corrected chi connectivity index (χ4v) is 4.15. The van der Waals surface area contributed by atoms with Crippen molar-refractivity contribution in [2.45, 2.75) is 50.6 Å². The van der Waals surface area contributed by atoms with E-state index in [0.29, 0.717) is 11.5 Å². The van der Waals surface area contributed by atoms with Crippen LogP contribution in [0.15, 0.2) is 0 Å². The molecule has 0 aromatic carbocycles. The number of hydrogen-bond acceptors (Lipinski definition) is 4. The van der Waals surface area contributed by atoms with E-state index in [-0.39, 0.29) is 12.0 Å². The largest absolute Gasteiger partial charge is 0.468 e. The van der Waals surface area contributed by atoms with Crippen LogP contribution >= 0.6 is 0 Å². The zero-order chi connectivity index (χ0) is 12.6. The van der Waals surface area contributed by atoms with E-state index in [9.17, 15) is 4.79 Å². The number of carbonyl (C=O) groups excluding carboxylic acids is 1. The highest BCUT2D eigenvalue weighted by Crippen LogP contribution is 2.51. The Morgan fingerprint density at radius 1 is 1.33 bits per heavy atom. The number of ether oxygens (including phenoxy) is 1. The number of carbonyl (C=O) groups is 1. The molecule has 2 saturated heterocycles. The first-order valence-electron chi connectivity index (χ1n) is 7.28. The standard InChI is InChI=1S/C14H24N2O2/c1-18-13(17)12-3-2-8-16(12)11-9-14(10-11)4-6-15-7-5-14/h11-12,15H,2-10H2,1H3/t12-/m1/s1. The molecule has 0 bridgehead atoms. The number of hydrogen-bond donors (Lipinski definition) is 1. The van der Waals surface area contributed by atoms with Crippen molar-refractivity contribution in [3.8, 4) is 0 Å². The fraction of sp³-hybridized carbons (Fsp3) is 0.929. The first kappa shape index (κ1) is 12.4. The zero-order valence-electron chi connectivity index (χ0n) is 11.3. The van der Waals surface area contributed by atoms with E-state index in [1.165, 1.54) is 45.9 Å². The van der Waals surface area contributed by atoms with Crippen LogP contribution < -0.4 is 5.32 Å². The van der Waals surface area contributed by atoms with Gasteiger partial charge in [0.05, 0.1) is 7.11 Å². The van der Waals surface area contributed by atoms with Crippen LogP contribution in [0.5, 0.6) is 0 Å². The minimum Gasteiger partial charge on any atom is -0.468 e. The third kappa shape index (κ3) is 2.05. The van der Waals surface area contributed by atoms with Crippen molar-refractivity contribution < 1.29 is 9.53 Å². The van der Waals surface area contributed by atoms with Crippen LogP contribution in [0, 0.1) is 5.41 Å². The average Bonchev–Trinajstić information content (AvgIpc) is 2.84. The molecule has 2 heterocycles. The molecule has 1 N–H and O–H groups in total. The summed E-state index contributed by atoms with van der Waals surface area (Å²) in [6.07, 6.45) is 7.35. The predicted molar refractivity (Wildman–Crippen MR) is 69.3 cm³/mol. The van der Waals surface area contributed by atoms with Crippen molar-refractivity contribution >= 4 is 5.97 Å². The second kappa shape index (κ2) is 4.82. The molecule has 2 aliphatic heterocycles. The maximum absolute atomic E-state index is 11.8. The van der Waals surface area contributed by atoms with Gasteiger partial charge in [-0.25, -0.2) is 0 Å². The van der Waals surface area contributed by atoms with Gasteiger partial charge in [0.1, 0.15) is 6.04 Å². The van der Waals surface area contributed by atoms with Gasteiger partial charge in [-0.3, -0.25) is 9.69 Å². The van der Waals surface area contributed by atoms with Crippen molar-refractivity contribution in [3.63, 3.8) is 0 Å². The van der Waals surface area contributed by atoms with Crippen molar-refractivity contribution in [2.75, 3.05) is 26.7 Å². The molecule has 3 rings (SSSR count). The lowest BCUT2D eigenvalue weighted by Gasteiger charge is -2.54. The molecule has 0 amide bonds. The highest BCUT2D eigenvalue weighted by Gasteiger charge is 2.49. The highest BCUT2D eigenvalue weighted by atomic mass is 16.5. The van der Waals surface area contributed by atoms with Crippen LogP contribution in [0.4, 0.5) is 0 Å². The maximum Gasteiger partial charge on any atom is 0.323 e. The summed E-state index contributed by atoms with van der Waals surface area (Å²) in [6, 6.07) is 0.675. The lowest BCUT2D eigenvalue weighted by Crippen LogP contribution is -2.56. The van der Waals surface area contributed by atoms with Gasteiger partial charge in [0.2, 0.25) is 0 Å². The van der Waals surface area contributed by atoms with Gasteiger partial charge in [-0.1, -0.05) is 0 Å². The summed E-state index contributed by atoms with van der Waals surface area (Å²) >= 11 is 0. The number of rotatable bonds is 2. The Kier molecular flexibility index (Phi) is 3.32. The minimum atomic E-state index is -0.0289. The molecule has 102 valence electrons. The predicted octanol–water partition coefficient (Wildman–Crippen LogP) is 1.16. The average molecular weight is 252 g/mol. The van der Waals surface area contributed by atoms with Crippen molar-refractivity contribution in [1.82, 2.24) is 10.2 Å². The van der Waals surface area contributed by atoms with Gasteiger partial charge in [0.25, 0.3) is 0 Å². The maximum atomic E-state index is 11.8. The Morgan fingerprint density at radius 3 is 2.72 bits per heavy atom. The highest BCUT2D eigenvalue weighted by molar-refractivity contribution is 5.76. The lowest BCUT2D eigenvalue weighted by molar-refractivity contribution is -0.149. The van der Waals surface area contributed by atoms with Crippen LogP contribution in [0.25, 0.3) is 0 Å². The molecular weight excluding hydrogens is 228 g/mol. The van der Waals surface area contributed by atoms with Gasteiger partial charge < -0.3 is 10.1 Å². The van der Waals surface area contributed by atoms with E-state index in [0.717, 1.165) is 19.4 Å². The van der Waals surface area contributed by atoms with Crippen molar-refractivity contribution in [1.29, 1.82) is 0 Å². The third-order valence-corrected chi connectivity index (χ3v) is 5.24. The molecular formula is C14H24N2O2. The SMILES string of the molecule is COC(=O)[C@H]1CCCN1C1CC2(CCNCC2)C1. The second-order valence-corrected chi connectivity index (χ2v) is 6.23. The summed E-state index contributed by atoms with van der Waals surface area (Å²) in [4.78, 5) is 14.2. The monoisotopic (exact) mass is 252 g/mol. The van der Waals surface area contributed by atoms with E-state index >= 15 is 0 Å². The third-order valence-electron chi connectivity index (χ3n) is 5.24. The number of piperidine rings is 1. The molecule has 1 spiro atoms. The summed E-state index contributed by atoms with van der Waals surface area (Å²) in [5.41, 5.74) is 0.596. The fourth-order valence-electron chi connectivity index (χ4n) is 4.15. The van der Waals surface area contributed by atoms with Crippen LogP contribution in [0.3, 0.4) is 0 Å². The summed E-state index contributed by atoms with van der Waals surface area (Å²) in [7, 11) is 1.51. The molecule has 18 heavy (non-hydrogen) atoms. The minimum absolute atomic E-state index is 0.0289. The van der Waals surface area contributed by atoms with E-state index in [4.69, 9.17) is 4.74 Å². The number of methoxy groups -OCH3 is 1. The zero-order valence-corrected chi connectivity index (χ0v) is 11.3. The van der Waals surface area contributed by atoms with E-state index in [1.54, 1.807) is 0 Å². The Hall–Kier alpha value is -0.610. The molecule has 0 unspecified atom stereocenters. The smallest absolute Gasteiger partial charge is 0.323 e. The molecule has 1 aliphatic carbocycles. The topological polar surface area (TPSA) is 41.6 Å². The van der Waals surface area contributed by atoms with Crippen LogP contribution in [0.1, 0.15) is 38.5 Å². The summed E-state index contributed by atoms with van der Waals surface area (Å²) in [5.74, 6) is -0.0289. The number of nitrogens with zero attached hydrogens (tertiary/aromatic N) is 1. The van der Waals surface area contributed by atoms with Crippen molar-refractivity contribution in [3.05, 3.63) is 0 Å². The van der Waals surface area contributed by atoms with Gasteiger partial charge in [-0.15, -0.1) is 0 Å². The Morgan fingerprint density at radius 2 is 2.06 bits per heavy atom. The summed E-state index contributed by atoms with van der Waals surface area (Å²) < 4.78 is 4.93. The molecule has 3 aliphatic rings. The van der Waals surface area contributed by atoms with E-state index in [2.05, 4.69) is 10.2 Å². The molecule has 0 radical (unpaired) electrons. The van der Waals surface area contributed by atoms with E-state index < -0.39 is 0 Å². The number of esters is 1. The molecule has 1 atom stereocenters. The first-order chi connectivity index (χ1) is 8.74. The molecule has 0 aromatic rings. The van der Waals surface area contributed by atoms with Crippen LogP contribution in [-0.4, -0.2) is 49.7 Å². The van der Waals surface area contributed by atoms with Crippen molar-refractivity contribution in [2.24, 2.45) is 5.41 Å². The van der Waals surface area contributed by atoms with E-state index in [1.807, 2.05) is 0 Å². The molecule has 4 heteroatoms. The second-order valence-electron chi connectivity index (χ2n) is 6.23. The molecule has 1 saturated carbocycles. The number of nitrogens with one attached hydrogen (secondary N) is 1.